The third kappa shape index (κ3) is 5.75. The van der Waals surface area contributed by atoms with Gasteiger partial charge in [0, 0.05) is 6.42 Å². The van der Waals surface area contributed by atoms with Gasteiger partial charge in [0.2, 0.25) is 0 Å². The molecule has 162 valence electrons. The van der Waals surface area contributed by atoms with Crippen molar-refractivity contribution in [3.8, 4) is 5.75 Å². The van der Waals surface area contributed by atoms with Crippen molar-refractivity contribution in [2.24, 2.45) is 5.92 Å². The molecule has 4 nitrogen and oxygen atoms in total. The van der Waals surface area contributed by atoms with Crippen LogP contribution in [0.25, 0.3) is 0 Å². The van der Waals surface area contributed by atoms with E-state index in [0.29, 0.717) is 12.2 Å². The van der Waals surface area contributed by atoms with Crippen molar-refractivity contribution in [3.05, 3.63) is 66.2 Å². The van der Waals surface area contributed by atoms with E-state index in [0.717, 1.165) is 18.5 Å². The first kappa shape index (κ1) is 23.1. The number of hydrogen-bond acceptors (Lipinski definition) is 5. The lowest BCUT2D eigenvalue weighted by Gasteiger charge is -2.40. The minimum absolute atomic E-state index is 0.0621. The molecule has 1 aliphatic rings. The van der Waals surface area contributed by atoms with Gasteiger partial charge in [0.05, 0.1) is 18.1 Å². The van der Waals surface area contributed by atoms with Gasteiger partial charge in [-0.3, -0.25) is 4.79 Å². The first-order chi connectivity index (χ1) is 14.2. The molecule has 2 aromatic carbocycles. The Bertz CT molecular complexity index is 820. The van der Waals surface area contributed by atoms with Crippen molar-refractivity contribution in [1.82, 2.24) is 0 Å². The number of para-hydroxylation sites is 1. The topological polar surface area (TPSA) is 44.8 Å². The molecule has 6 heteroatoms. The summed E-state index contributed by atoms with van der Waals surface area (Å²) in [7, 11) is -2.07. The minimum Gasteiger partial charge on any atom is -0.412 e. The second-order valence-electron chi connectivity index (χ2n) is 9.44. The van der Waals surface area contributed by atoms with Crippen LogP contribution in [-0.2, 0) is 20.0 Å². The van der Waals surface area contributed by atoms with Gasteiger partial charge in [-0.05, 0) is 48.2 Å². The Morgan fingerprint density at radius 1 is 1.00 bits per heavy atom. The van der Waals surface area contributed by atoms with Crippen LogP contribution in [0, 0.1) is 5.92 Å². The molecule has 1 saturated carbocycles. The van der Waals surface area contributed by atoms with E-state index in [4.69, 9.17) is 13.6 Å². The van der Waals surface area contributed by atoms with Crippen LogP contribution in [-0.4, -0.2) is 25.5 Å². The Balaban J connectivity index is 1.75. The monoisotopic (exact) mass is 444 g/mol. The Hall–Kier alpha value is -1.60. The lowest BCUT2D eigenvalue weighted by atomic mass is 9.96. The van der Waals surface area contributed by atoms with Gasteiger partial charge in [0.1, 0.15) is 5.25 Å². The van der Waals surface area contributed by atoms with E-state index in [2.05, 4.69) is 46.0 Å². The number of carbonyl (C=O) groups is 1. The first-order valence-corrected chi connectivity index (χ1v) is 14.2. The fourth-order valence-corrected chi connectivity index (χ4v) is 5.64. The quantitative estimate of drug-likeness (QED) is 0.209. The molecule has 0 spiro atoms. The van der Waals surface area contributed by atoms with Gasteiger partial charge < -0.3 is 9.31 Å². The van der Waals surface area contributed by atoms with Crippen molar-refractivity contribution in [3.63, 3.8) is 0 Å². The fourth-order valence-electron chi connectivity index (χ4n) is 3.39. The van der Waals surface area contributed by atoms with Crippen LogP contribution >= 0.6 is 12.0 Å². The Labute approximate surface area is 185 Å². The molecule has 0 saturated heterocycles. The van der Waals surface area contributed by atoms with Crippen molar-refractivity contribution < 1.29 is 18.4 Å². The molecule has 30 heavy (non-hydrogen) atoms. The summed E-state index contributed by atoms with van der Waals surface area (Å²) in [5.74, 6) is 0.909. The number of ketones is 1. The van der Waals surface area contributed by atoms with Crippen LogP contribution in [0.15, 0.2) is 60.7 Å². The standard InChI is InChI=1S/C24H32O4SSi/c1-24(2,3)30(4,5)27-22-19(16-18-12-8-6-9-13-18)17-21(25)23(22)29-28-26-20-14-10-7-11-15-20/h6-15,19,22-23H,16-17H2,1-5H3/t19-,22+,23?/m1/s1. The Morgan fingerprint density at radius 2 is 1.60 bits per heavy atom. The lowest BCUT2D eigenvalue weighted by Crippen LogP contribution is -2.47. The zero-order chi connectivity index (χ0) is 21.8. The fraction of sp³-hybridized carbons (Fsp3) is 0.458. The van der Waals surface area contributed by atoms with Gasteiger partial charge in [0.25, 0.3) is 0 Å². The third-order valence-electron chi connectivity index (χ3n) is 6.14. The third-order valence-corrected chi connectivity index (χ3v) is 11.5. The summed E-state index contributed by atoms with van der Waals surface area (Å²) in [5, 5.41) is -0.330. The molecule has 0 aliphatic heterocycles. The van der Waals surface area contributed by atoms with E-state index in [1.54, 1.807) is 0 Å². The molecule has 0 N–H and O–H groups in total. The van der Waals surface area contributed by atoms with E-state index in [-0.39, 0.29) is 22.8 Å². The van der Waals surface area contributed by atoms with E-state index in [1.165, 1.54) is 5.56 Å². The number of hydrogen-bond donors (Lipinski definition) is 0. The molecule has 3 rings (SSSR count). The van der Waals surface area contributed by atoms with Gasteiger partial charge in [-0.2, -0.15) is 0 Å². The van der Waals surface area contributed by atoms with Crippen molar-refractivity contribution in [2.45, 2.75) is 63.1 Å². The summed E-state index contributed by atoms with van der Waals surface area (Å²) >= 11 is 1.09. The molecular weight excluding hydrogens is 412 g/mol. The normalized spacial score (nSPS) is 22.3. The number of benzene rings is 2. The summed E-state index contributed by atoms with van der Waals surface area (Å²) in [6.07, 6.45) is 1.13. The maximum absolute atomic E-state index is 12.9. The largest absolute Gasteiger partial charge is 0.412 e. The molecule has 1 fully saturated rings. The molecule has 1 aliphatic carbocycles. The summed E-state index contributed by atoms with van der Waals surface area (Å²) in [6, 6.07) is 19.6. The van der Waals surface area contributed by atoms with E-state index < -0.39 is 13.6 Å². The van der Waals surface area contributed by atoms with Crippen LogP contribution in [0.1, 0.15) is 32.8 Å². The van der Waals surface area contributed by atoms with Crippen molar-refractivity contribution >= 4 is 26.1 Å². The van der Waals surface area contributed by atoms with Gasteiger partial charge in [-0.1, -0.05) is 69.3 Å². The summed E-state index contributed by atoms with van der Waals surface area (Å²) in [5.41, 5.74) is 1.23. The van der Waals surface area contributed by atoms with Crippen molar-refractivity contribution in [1.29, 1.82) is 0 Å². The molecule has 2 aromatic rings. The van der Waals surface area contributed by atoms with Crippen LogP contribution < -0.4 is 4.89 Å². The molecule has 3 atom stereocenters. The maximum Gasteiger partial charge on any atom is 0.192 e. The Kier molecular flexibility index (Phi) is 7.45. The average Bonchev–Trinajstić information content (AvgIpc) is 2.97. The van der Waals surface area contributed by atoms with Crippen molar-refractivity contribution in [2.75, 3.05) is 0 Å². The van der Waals surface area contributed by atoms with Crippen LogP contribution in [0.3, 0.4) is 0 Å². The van der Waals surface area contributed by atoms with Gasteiger partial charge in [-0.25, -0.2) is 0 Å². The molecule has 1 unspecified atom stereocenters. The highest BCUT2D eigenvalue weighted by molar-refractivity contribution is 7.96. The molecule has 0 heterocycles. The summed E-state index contributed by atoms with van der Waals surface area (Å²) < 4.78 is 12.2. The molecule has 0 amide bonds. The maximum atomic E-state index is 12.9. The highest BCUT2D eigenvalue weighted by atomic mass is 32.2. The second kappa shape index (κ2) is 9.69. The summed E-state index contributed by atoms with van der Waals surface area (Å²) in [6.45, 7) is 11.1. The lowest BCUT2D eigenvalue weighted by molar-refractivity contribution is -0.118. The number of Topliss-reactive ketones (excluding diaryl/α,β-unsaturated/α-hetero) is 1. The average molecular weight is 445 g/mol. The van der Waals surface area contributed by atoms with E-state index in [9.17, 15) is 4.79 Å². The van der Waals surface area contributed by atoms with Gasteiger partial charge in [0.15, 0.2) is 19.9 Å². The van der Waals surface area contributed by atoms with Crippen LogP contribution in [0.2, 0.25) is 18.1 Å². The summed E-state index contributed by atoms with van der Waals surface area (Å²) in [4.78, 5) is 18.3. The molecular formula is C24H32O4SSi. The predicted molar refractivity (Wildman–Crippen MR) is 125 cm³/mol. The van der Waals surface area contributed by atoms with Gasteiger partial charge >= 0.3 is 0 Å². The first-order valence-electron chi connectivity index (χ1n) is 10.5. The SMILES string of the molecule is CC(C)(C)[Si](C)(C)O[C@@H]1C(SOOc2ccccc2)C(=O)C[C@H]1Cc1ccccc1. The minimum atomic E-state index is -2.07. The molecule has 0 aromatic heterocycles. The van der Waals surface area contributed by atoms with Crippen LogP contribution in [0.4, 0.5) is 0 Å². The zero-order valence-corrected chi connectivity index (χ0v) is 20.3. The smallest absolute Gasteiger partial charge is 0.192 e. The predicted octanol–water partition coefficient (Wildman–Crippen LogP) is 6.24. The number of rotatable bonds is 8. The highest BCUT2D eigenvalue weighted by Crippen LogP contribution is 2.43. The molecule has 0 bridgehead atoms. The van der Waals surface area contributed by atoms with Gasteiger partial charge in [-0.15, -0.1) is 4.33 Å². The van der Waals surface area contributed by atoms with E-state index in [1.807, 2.05) is 48.5 Å². The number of carbonyl (C=O) groups excluding carboxylic acids is 1. The second-order valence-corrected chi connectivity index (χ2v) is 15.0. The molecule has 0 radical (unpaired) electrons. The highest BCUT2D eigenvalue weighted by Gasteiger charge is 2.49. The Morgan fingerprint density at radius 3 is 2.20 bits per heavy atom. The van der Waals surface area contributed by atoms with Crippen LogP contribution in [0.5, 0.6) is 5.75 Å². The van der Waals surface area contributed by atoms with E-state index >= 15 is 0 Å². The zero-order valence-electron chi connectivity index (χ0n) is 18.5.